The molecule has 0 unspecified atom stereocenters. The molecule has 0 aliphatic rings. The van der Waals surface area contributed by atoms with Crippen LogP contribution in [0.1, 0.15) is 42.3 Å². The maximum absolute atomic E-state index is 10.1. The Morgan fingerprint density at radius 2 is 1.81 bits per heavy atom. The Hall–Kier alpha value is -2.18. The van der Waals surface area contributed by atoms with Crippen molar-refractivity contribution in [2.24, 2.45) is 0 Å². The van der Waals surface area contributed by atoms with Gasteiger partial charge in [-0.1, -0.05) is 25.9 Å². The number of benzene rings is 1. The standard InChI is InChI=1S/C21H27N3O2S/c1-6-15-11-16(9-14(5)19(15)25)20-22-21(26-23-20)17-10-13(4)18(27-17)12-24(7-2)8-3/h9-11,25H,6-8,12H2,1-5H3. The summed E-state index contributed by atoms with van der Waals surface area (Å²) >= 11 is 1.72. The van der Waals surface area contributed by atoms with Crippen molar-refractivity contribution in [1.82, 2.24) is 15.0 Å². The second kappa shape index (κ2) is 8.23. The zero-order chi connectivity index (χ0) is 19.6. The number of rotatable bonds is 7. The van der Waals surface area contributed by atoms with Crippen molar-refractivity contribution in [3.8, 4) is 27.9 Å². The molecule has 0 fully saturated rings. The van der Waals surface area contributed by atoms with Crippen LogP contribution in [0.3, 0.4) is 0 Å². The molecule has 5 nitrogen and oxygen atoms in total. The first-order chi connectivity index (χ1) is 13.0. The van der Waals surface area contributed by atoms with Crippen LogP contribution >= 0.6 is 11.3 Å². The molecule has 0 saturated heterocycles. The molecule has 144 valence electrons. The summed E-state index contributed by atoms with van der Waals surface area (Å²) in [7, 11) is 0. The SMILES string of the molecule is CCc1cc(-c2noc(-c3cc(C)c(CN(CC)CC)s3)n2)cc(C)c1O. The lowest BCUT2D eigenvalue weighted by Gasteiger charge is -2.17. The fraction of sp³-hybridized carbons (Fsp3) is 0.429. The number of aromatic nitrogens is 2. The predicted molar refractivity (Wildman–Crippen MR) is 110 cm³/mol. The highest BCUT2D eigenvalue weighted by Gasteiger charge is 2.17. The predicted octanol–water partition coefficient (Wildman–Crippen LogP) is 5.19. The Morgan fingerprint density at radius 1 is 1.07 bits per heavy atom. The number of hydrogen-bond acceptors (Lipinski definition) is 6. The Balaban J connectivity index is 1.90. The first kappa shape index (κ1) is 19.6. The number of aromatic hydroxyl groups is 1. The summed E-state index contributed by atoms with van der Waals surface area (Å²) in [6.07, 6.45) is 0.754. The Morgan fingerprint density at radius 3 is 2.48 bits per heavy atom. The minimum Gasteiger partial charge on any atom is -0.507 e. The van der Waals surface area contributed by atoms with Crippen LogP contribution in [0.5, 0.6) is 5.75 Å². The van der Waals surface area contributed by atoms with Gasteiger partial charge in [-0.25, -0.2) is 0 Å². The fourth-order valence-corrected chi connectivity index (χ4v) is 4.26. The van der Waals surface area contributed by atoms with E-state index in [0.29, 0.717) is 17.5 Å². The highest BCUT2D eigenvalue weighted by molar-refractivity contribution is 7.15. The third-order valence-corrected chi connectivity index (χ3v) is 6.15. The van der Waals surface area contributed by atoms with Crippen molar-refractivity contribution in [2.45, 2.75) is 47.6 Å². The molecule has 6 heteroatoms. The maximum Gasteiger partial charge on any atom is 0.268 e. The van der Waals surface area contributed by atoms with Gasteiger partial charge >= 0.3 is 0 Å². The van der Waals surface area contributed by atoms with Crippen molar-refractivity contribution in [2.75, 3.05) is 13.1 Å². The molecular weight excluding hydrogens is 358 g/mol. The van der Waals surface area contributed by atoms with Crippen molar-refractivity contribution in [3.63, 3.8) is 0 Å². The third-order valence-electron chi connectivity index (χ3n) is 4.94. The first-order valence-corrected chi connectivity index (χ1v) is 10.3. The number of phenols is 1. The molecule has 0 spiro atoms. The van der Waals surface area contributed by atoms with Gasteiger partial charge in [0.1, 0.15) is 5.75 Å². The van der Waals surface area contributed by atoms with E-state index in [9.17, 15) is 5.11 Å². The second-order valence-corrected chi connectivity index (χ2v) is 7.89. The number of aryl methyl sites for hydroxylation is 3. The number of hydrogen-bond donors (Lipinski definition) is 1. The number of nitrogens with zero attached hydrogens (tertiary/aromatic N) is 3. The molecule has 0 aliphatic carbocycles. The average molecular weight is 386 g/mol. The van der Waals surface area contributed by atoms with E-state index >= 15 is 0 Å². The van der Waals surface area contributed by atoms with Gasteiger partial charge in [0.2, 0.25) is 5.82 Å². The Bertz CT molecular complexity index is 926. The molecule has 0 saturated carbocycles. The van der Waals surface area contributed by atoms with Crippen LogP contribution in [-0.4, -0.2) is 33.2 Å². The molecule has 1 aromatic carbocycles. The minimum atomic E-state index is 0.347. The zero-order valence-corrected chi connectivity index (χ0v) is 17.5. The average Bonchev–Trinajstić information content (AvgIpc) is 3.29. The summed E-state index contributed by atoms with van der Waals surface area (Å²) in [5, 5.41) is 14.3. The van der Waals surface area contributed by atoms with E-state index in [1.54, 1.807) is 11.3 Å². The molecule has 1 N–H and O–H groups in total. The van der Waals surface area contributed by atoms with Crippen LogP contribution in [0.15, 0.2) is 22.7 Å². The topological polar surface area (TPSA) is 62.4 Å². The Kier molecular flexibility index (Phi) is 5.97. The summed E-state index contributed by atoms with van der Waals surface area (Å²) in [5.74, 6) is 1.45. The molecule has 3 rings (SSSR count). The lowest BCUT2D eigenvalue weighted by atomic mass is 10.0. The zero-order valence-electron chi connectivity index (χ0n) is 16.7. The first-order valence-electron chi connectivity index (χ1n) is 9.45. The van der Waals surface area contributed by atoms with Crippen LogP contribution in [0.2, 0.25) is 0 Å². The third kappa shape index (κ3) is 4.06. The molecule has 2 aromatic heterocycles. The van der Waals surface area contributed by atoms with Crippen LogP contribution in [0, 0.1) is 13.8 Å². The Labute approximate surface area is 164 Å². The van der Waals surface area contributed by atoms with Crippen molar-refractivity contribution in [3.05, 3.63) is 39.8 Å². The molecule has 0 amide bonds. The molecule has 3 aromatic rings. The van der Waals surface area contributed by atoms with Gasteiger partial charge in [-0.15, -0.1) is 11.3 Å². The molecule has 27 heavy (non-hydrogen) atoms. The van der Waals surface area contributed by atoms with Crippen LogP contribution in [-0.2, 0) is 13.0 Å². The minimum absolute atomic E-state index is 0.347. The van der Waals surface area contributed by atoms with Crippen molar-refractivity contribution in [1.29, 1.82) is 0 Å². The van der Waals surface area contributed by atoms with Crippen LogP contribution in [0.25, 0.3) is 22.2 Å². The van der Waals surface area contributed by atoms with Crippen LogP contribution < -0.4 is 0 Å². The molecule has 2 heterocycles. The lowest BCUT2D eigenvalue weighted by molar-refractivity contribution is 0.298. The monoisotopic (exact) mass is 385 g/mol. The highest BCUT2D eigenvalue weighted by atomic mass is 32.1. The summed E-state index contributed by atoms with van der Waals surface area (Å²) in [4.78, 5) is 9.34. The van der Waals surface area contributed by atoms with E-state index in [0.717, 1.165) is 47.6 Å². The maximum atomic E-state index is 10.1. The van der Waals surface area contributed by atoms with Crippen molar-refractivity contribution >= 4 is 11.3 Å². The quantitative estimate of drug-likeness (QED) is 0.606. The summed E-state index contributed by atoms with van der Waals surface area (Å²) in [5.41, 5.74) is 3.85. The van der Waals surface area contributed by atoms with E-state index in [4.69, 9.17) is 4.52 Å². The largest absolute Gasteiger partial charge is 0.507 e. The molecule has 0 bridgehead atoms. The summed E-state index contributed by atoms with van der Waals surface area (Å²) in [6.45, 7) is 13.4. The molecule has 0 aliphatic heterocycles. The normalized spacial score (nSPS) is 11.5. The van der Waals surface area contributed by atoms with Gasteiger partial charge in [-0.3, -0.25) is 4.90 Å². The summed E-state index contributed by atoms with van der Waals surface area (Å²) < 4.78 is 5.55. The molecular formula is C21H27N3O2S. The second-order valence-electron chi connectivity index (χ2n) is 6.76. The van der Waals surface area contributed by atoms with Gasteiger partial charge in [0.25, 0.3) is 5.89 Å². The van der Waals surface area contributed by atoms with E-state index in [2.05, 4.69) is 41.9 Å². The van der Waals surface area contributed by atoms with Crippen molar-refractivity contribution < 1.29 is 9.63 Å². The van der Waals surface area contributed by atoms with Gasteiger partial charge in [0, 0.05) is 17.0 Å². The molecule has 0 radical (unpaired) electrons. The lowest BCUT2D eigenvalue weighted by Crippen LogP contribution is -2.21. The van der Waals surface area contributed by atoms with E-state index in [1.807, 2.05) is 26.0 Å². The van der Waals surface area contributed by atoms with E-state index in [1.165, 1.54) is 10.4 Å². The molecule has 0 atom stereocenters. The fourth-order valence-electron chi connectivity index (χ4n) is 3.12. The number of thiophene rings is 1. The van der Waals surface area contributed by atoms with E-state index < -0.39 is 0 Å². The number of phenolic OH excluding ortho intramolecular Hbond substituents is 1. The van der Waals surface area contributed by atoms with Gasteiger partial charge in [-0.05, 0) is 68.2 Å². The van der Waals surface area contributed by atoms with Gasteiger partial charge in [-0.2, -0.15) is 4.98 Å². The smallest absolute Gasteiger partial charge is 0.268 e. The highest BCUT2D eigenvalue weighted by Crippen LogP contribution is 2.33. The van der Waals surface area contributed by atoms with Gasteiger partial charge < -0.3 is 9.63 Å². The summed E-state index contributed by atoms with van der Waals surface area (Å²) in [6, 6.07) is 5.96. The van der Waals surface area contributed by atoms with Gasteiger partial charge in [0.15, 0.2) is 0 Å². The van der Waals surface area contributed by atoms with E-state index in [-0.39, 0.29) is 0 Å². The van der Waals surface area contributed by atoms with Gasteiger partial charge in [0.05, 0.1) is 4.88 Å². The van der Waals surface area contributed by atoms with Crippen LogP contribution in [0.4, 0.5) is 0 Å².